The standard InChI is InChI=1S/C26H44O4/c1-5-30-23(29)9-6-16(2)19-7-8-20-24-21(11-13-26(19,20)4)25(3)12-10-18(27)14-17(25)15-22(24)28/h16-22,24,27-28H,5-15H2,1-4H3/t16-,17+,18-,19?,20?,21?,22-,24?,25+,26-/m1/s1. The van der Waals surface area contributed by atoms with E-state index in [-0.39, 0.29) is 29.0 Å². The SMILES string of the molecule is CCOC(=O)CC[C@@H](C)C1CCC2C3C(CC[C@@]21C)[C@@]1(C)CC[C@@H](O)C[C@H]1C[C@H]3O. The number of aliphatic hydroxyl groups is 2. The lowest BCUT2D eigenvalue weighted by Crippen LogP contribution is -2.58. The Balaban J connectivity index is 1.49. The molecule has 4 rings (SSSR count). The number of hydrogen-bond acceptors (Lipinski definition) is 4. The van der Waals surface area contributed by atoms with Gasteiger partial charge in [0.05, 0.1) is 18.8 Å². The van der Waals surface area contributed by atoms with Gasteiger partial charge in [-0.05, 0) is 111 Å². The zero-order valence-electron chi connectivity index (χ0n) is 19.6. The maximum Gasteiger partial charge on any atom is 0.305 e. The average molecular weight is 421 g/mol. The van der Waals surface area contributed by atoms with Crippen LogP contribution in [0, 0.1) is 46.3 Å². The molecule has 0 heterocycles. The quantitative estimate of drug-likeness (QED) is 0.617. The predicted molar refractivity (Wildman–Crippen MR) is 118 cm³/mol. The van der Waals surface area contributed by atoms with E-state index in [9.17, 15) is 15.0 Å². The minimum atomic E-state index is -0.211. The average Bonchev–Trinajstić information content (AvgIpc) is 3.05. The number of carbonyl (C=O) groups is 1. The van der Waals surface area contributed by atoms with Gasteiger partial charge in [-0.25, -0.2) is 0 Å². The Morgan fingerprint density at radius 3 is 2.47 bits per heavy atom. The van der Waals surface area contributed by atoms with E-state index >= 15 is 0 Å². The lowest BCUT2D eigenvalue weighted by molar-refractivity contribution is -0.174. The summed E-state index contributed by atoms with van der Waals surface area (Å²) in [5, 5.41) is 21.6. The molecule has 0 aromatic heterocycles. The lowest BCUT2D eigenvalue weighted by Gasteiger charge is -2.62. The van der Waals surface area contributed by atoms with Crippen LogP contribution in [-0.4, -0.2) is 35.0 Å². The number of rotatable bonds is 5. The van der Waals surface area contributed by atoms with Crippen molar-refractivity contribution < 1.29 is 19.7 Å². The molecule has 4 saturated carbocycles. The Morgan fingerprint density at radius 2 is 1.73 bits per heavy atom. The fourth-order valence-corrected chi connectivity index (χ4v) is 8.96. The smallest absolute Gasteiger partial charge is 0.305 e. The molecular weight excluding hydrogens is 376 g/mol. The highest BCUT2D eigenvalue weighted by Gasteiger charge is 2.62. The van der Waals surface area contributed by atoms with Crippen LogP contribution in [0.15, 0.2) is 0 Å². The van der Waals surface area contributed by atoms with Gasteiger partial charge in [-0.3, -0.25) is 4.79 Å². The number of carbonyl (C=O) groups excluding carboxylic acids is 1. The van der Waals surface area contributed by atoms with Gasteiger partial charge < -0.3 is 14.9 Å². The molecule has 4 fully saturated rings. The number of ether oxygens (including phenoxy) is 1. The topological polar surface area (TPSA) is 66.8 Å². The summed E-state index contributed by atoms with van der Waals surface area (Å²) >= 11 is 0. The first-order chi connectivity index (χ1) is 14.2. The van der Waals surface area contributed by atoms with E-state index in [1.807, 2.05) is 6.92 Å². The zero-order chi connectivity index (χ0) is 21.7. The minimum absolute atomic E-state index is 0.0612. The fraction of sp³-hybridized carbons (Fsp3) is 0.962. The molecule has 4 unspecified atom stereocenters. The van der Waals surface area contributed by atoms with E-state index in [1.165, 1.54) is 25.7 Å². The van der Waals surface area contributed by atoms with Crippen molar-refractivity contribution in [3.63, 3.8) is 0 Å². The summed E-state index contributed by atoms with van der Waals surface area (Å²) in [6.45, 7) is 9.65. The summed E-state index contributed by atoms with van der Waals surface area (Å²) in [4.78, 5) is 11.9. The summed E-state index contributed by atoms with van der Waals surface area (Å²) in [6.07, 6.45) is 9.82. The predicted octanol–water partition coefficient (Wildman–Crippen LogP) is 4.96. The first-order valence-corrected chi connectivity index (χ1v) is 12.7. The molecule has 0 radical (unpaired) electrons. The molecule has 0 aromatic carbocycles. The first kappa shape index (κ1) is 22.6. The Morgan fingerprint density at radius 1 is 1.03 bits per heavy atom. The molecule has 30 heavy (non-hydrogen) atoms. The maximum atomic E-state index is 11.9. The van der Waals surface area contributed by atoms with Crippen LogP contribution >= 0.6 is 0 Å². The van der Waals surface area contributed by atoms with Crippen molar-refractivity contribution in [2.45, 2.75) is 104 Å². The van der Waals surface area contributed by atoms with Gasteiger partial charge in [0.2, 0.25) is 0 Å². The van der Waals surface area contributed by atoms with E-state index in [2.05, 4.69) is 20.8 Å². The Bertz CT molecular complexity index is 635. The van der Waals surface area contributed by atoms with Crippen LogP contribution in [0.5, 0.6) is 0 Å². The van der Waals surface area contributed by atoms with Gasteiger partial charge in [0, 0.05) is 6.42 Å². The third-order valence-corrected chi connectivity index (χ3v) is 10.5. The van der Waals surface area contributed by atoms with Gasteiger partial charge in [0.25, 0.3) is 0 Å². The summed E-state index contributed by atoms with van der Waals surface area (Å²) in [7, 11) is 0. The second-order valence-corrected chi connectivity index (χ2v) is 11.8. The highest BCUT2D eigenvalue weighted by Crippen LogP contribution is 2.68. The highest BCUT2D eigenvalue weighted by molar-refractivity contribution is 5.69. The zero-order valence-corrected chi connectivity index (χ0v) is 19.6. The molecule has 172 valence electrons. The minimum Gasteiger partial charge on any atom is -0.466 e. The summed E-state index contributed by atoms with van der Waals surface area (Å²) in [6, 6.07) is 0. The summed E-state index contributed by atoms with van der Waals surface area (Å²) in [5.41, 5.74) is 0.575. The van der Waals surface area contributed by atoms with Crippen LogP contribution in [0.2, 0.25) is 0 Å². The Hall–Kier alpha value is -0.610. The second kappa shape index (κ2) is 8.39. The molecule has 4 nitrogen and oxygen atoms in total. The Kier molecular flexibility index (Phi) is 6.31. The van der Waals surface area contributed by atoms with Crippen LogP contribution in [-0.2, 0) is 9.53 Å². The van der Waals surface area contributed by atoms with E-state index in [0.717, 1.165) is 32.1 Å². The van der Waals surface area contributed by atoms with Crippen molar-refractivity contribution in [3.05, 3.63) is 0 Å². The van der Waals surface area contributed by atoms with Crippen molar-refractivity contribution >= 4 is 5.97 Å². The van der Waals surface area contributed by atoms with Crippen molar-refractivity contribution in [1.82, 2.24) is 0 Å². The largest absolute Gasteiger partial charge is 0.466 e. The summed E-state index contributed by atoms with van der Waals surface area (Å²) < 4.78 is 5.15. The van der Waals surface area contributed by atoms with Gasteiger partial charge in [-0.1, -0.05) is 20.8 Å². The van der Waals surface area contributed by atoms with E-state index < -0.39 is 0 Å². The number of hydrogen-bond donors (Lipinski definition) is 2. The summed E-state index contributed by atoms with van der Waals surface area (Å²) in [5.74, 6) is 3.20. The van der Waals surface area contributed by atoms with Crippen molar-refractivity contribution in [3.8, 4) is 0 Å². The van der Waals surface area contributed by atoms with Gasteiger partial charge in [-0.15, -0.1) is 0 Å². The molecule has 0 aromatic rings. The molecule has 4 aliphatic carbocycles. The van der Waals surface area contributed by atoms with Gasteiger partial charge in [0.1, 0.15) is 0 Å². The van der Waals surface area contributed by atoms with Crippen LogP contribution in [0.1, 0.15) is 91.9 Å². The molecule has 0 spiro atoms. The second-order valence-electron chi connectivity index (χ2n) is 11.8. The van der Waals surface area contributed by atoms with Crippen LogP contribution < -0.4 is 0 Å². The third kappa shape index (κ3) is 3.64. The monoisotopic (exact) mass is 420 g/mol. The number of fused-ring (bicyclic) bond motifs is 5. The van der Waals surface area contributed by atoms with Crippen molar-refractivity contribution in [2.24, 2.45) is 46.3 Å². The number of esters is 1. The third-order valence-electron chi connectivity index (χ3n) is 10.5. The maximum absolute atomic E-state index is 11.9. The Labute approximate surface area is 183 Å². The normalized spacial score (nSPS) is 48.9. The van der Waals surface area contributed by atoms with Crippen molar-refractivity contribution in [2.75, 3.05) is 6.61 Å². The van der Waals surface area contributed by atoms with Crippen LogP contribution in [0.3, 0.4) is 0 Å². The molecular formula is C26H44O4. The molecule has 10 atom stereocenters. The van der Waals surface area contributed by atoms with Crippen molar-refractivity contribution in [1.29, 1.82) is 0 Å². The van der Waals surface area contributed by atoms with Gasteiger partial charge in [0.15, 0.2) is 0 Å². The highest BCUT2D eigenvalue weighted by atomic mass is 16.5. The van der Waals surface area contributed by atoms with Gasteiger partial charge in [-0.2, -0.15) is 0 Å². The van der Waals surface area contributed by atoms with Gasteiger partial charge >= 0.3 is 5.97 Å². The van der Waals surface area contributed by atoms with E-state index in [4.69, 9.17) is 4.74 Å². The molecule has 4 aliphatic rings. The molecule has 4 heteroatoms. The van der Waals surface area contributed by atoms with E-state index in [0.29, 0.717) is 48.5 Å². The number of aliphatic hydroxyl groups excluding tert-OH is 2. The molecule has 2 N–H and O–H groups in total. The van der Waals surface area contributed by atoms with Crippen LogP contribution in [0.25, 0.3) is 0 Å². The molecule has 0 aliphatic heterocycles. The van der Waals surface area contributed by atoms with Crippen LogP contribution in [0.4, 0.5) is 0 Å². The molecule has 0 saturated heterocycles. The molecule has 0 bridgehead atoms. The first-order valence-electron chi connectivity index (χ1n) is 12.7. The van der Waals surface area contributed by atoms with E-state index in [1.54, 1.807) is 0 Å². The lowest BCUT2D eigenvalue weighted by atomic mass is 9.43. The molecule has 0 amide bonds. The fourth-order valence-electron chi connectivity index (χ4n) is 8.96.